The molecule has 4 rings (SSSR count). The molecule has 30 heavy (non-hydrogen) atoms. The van der Waals surface area contributed by atoms with Crippen LogP contribution in [0.2, 0.25) is 0 Å². The van der Waals surface area contributed by atoms with Crippen LogP contribution in [0.5, 0.6) is 17.4 Å². The van der Waals surface area contributed by atoms with E-state index in [-0.39, 0.29) is 0 Å². The summed E-state index contributed by atoms with van der Waals surface area (Å²) < 4.78 is 17.7. The Kier molecular flexibility index (Phi) is 7.56. The Morgan fingerprint density at radius 2 is 1.73 bits per heavy atom. The standard InChI is InChI=1S/C24H31N3O3/c1-2-6-15-29-21-9-3-4-10-22(21)30-24-20(8-7-14-26-24)23(25-13-5-1)27-18-19-11-16-28-17-12-19/h3-4,7-10,14,19H,1-2,5-6,11-13,15-18H2,(H,25,27). The van der Waals surface area contributed by atoms with Gasteiger partial charge in [-0.25, -0.2) is 4.98 Å². The molecule has 2 aromatic rings. The third-order valence-corrected chi connectivity index (χ3v) is 5.56. The van der Waals surface area contributed by atoms with E-state index in [0.717, 1.165) is 82.0 Å². The second-order valence-electron chi connectivity index (χ2n) is 7.83. The van der Waals surface area contributed by atoms with Crippen molar-refractivity contribution in [1.82, 2.24) is 10.3 Å². The van der Waals surface area contributed by atoms with E-state index in [1.807, 2.05) is 36.4 Å². The Hall–Kier alpha value is -2.60. The molecule has 0 amide bonds. The van der Waals surface area contributed by atoms with E-state index < -0.39 is 0 Å². The molecule has 160 valence electrons. The van der Waals surface area contributed by atoms with Crippen LogP contribution in [0.1, 0.15) is 44.1 Å². The highest BCUT2D eigenvalue weighted by Gasteiger charge is 2.18. The SMILES string of the molecule is c1ccc2c(c1)OCCCCCCN=C(NCC1CCOCC1)c1cccnc1O2. The summed E-state index contributed by atoms with van der Waals surface area (Å²) in [4.78, 5) is 9.43. The van der Waals surface area contributed by atoms with E-state index >= 15 is 0 Å². The summed E-state index contributed by atoms with van der Waals surface area (Å²) in [5.41, 5.74) is 0.886. The summed E-state index contributed by atoms with van der Waals surface area (Å²) in [5.74, 6) is 3.44. The first-order valence-electron chi connectivity index (χ1n) is 11.1. The van der Waals surface area contributed by atoms with Crippen LogP contribution in [0, 0.1) is 5.92 Å². The van der Waals surface area contributed by atoms with Gasteiger partial charge >= 0.3 is 0 Å². The van der Waals surface area contributed by atoms with Gasteiger partial charge in [-0.2, -0.15) is 0 Å². The van der Waals surface area contributed by atoms with Crippen LogP contribution in [0.4, 0.5) is 0 Å². The lowest BCUT2D eigenvalue weighted by Gasteiger charge is -2.23. The van der Waals surface area contributed by atoms with Crippen LogP contribution in [0.25, 0.3) is 0 Å². The number of nitrogens with one attached hydrogen (secondary N) is 1. The average Bonchev–Trinajstić information content (AvgIpc) is 2.79. The fourth-order valence-electron chi connectivity index (χ4n) is 3.78. The monoisotopic (exact) mass is 409 g/mol. The predicted molar refractivity (Wildman–Crippen MR) is 118 cm³/mol. The van der Waals surface area contributed by atoms with Gasteiger partial charge in [-0.15, -0.1) is 0 Å². The lowest BCUT2D eigenvalue weighted by atomic mass is 10.0. The van der Waals surface area contributed by atoms with Crippen molar-refractivity contribution in [3.63, 3.8) is 0 Å². The lowest BCUT2D eigenvalue weighted by molar-refractivity contribution is 0.0676. The number of amidine groups is 1. The molecule has 1 saturated heterocycles. The van der Waals surface area contributed by atoms with E-state index in [1.165, 1.54) is 0 Å². The molecule has 6 heteroatoms. The van der Waals surface area contributed by atoms with Gasteiger partial charge in [0.2, 0.25) is 5.88 Å². The van der Waals surface area contributed by atoms with Gasteiger partial charge in [-0.3, -0.25) is 4.99 Å². The largest absolute Gasteiger partial charge is 0.490 e. The van der Waals surface area contributed by atoms with Crippen LogP contribution < -0.4 is 14.8 Å². The summed E-state index contributed by atoms with van der Waals surface area (Å²) >= 11 is 0. The molecule has 1 aromatic carbocycles. The van der Waals surface area contributed by atoms with Crippen molar-refractivity contribution in [2.75, 3.05) is 32.9 Å². The molecule has 6 nitrogen and oxygen atoms in total. The number of benzene rings is 1. The fourth-order valence-corrected chi connectivity index (χ4v) is 3.78. The number of aliphatic imine (C=N–C) groups is 1. The second kappa shape index (κ2) is 11.0. The van der Waals surface area contributed by atoms with Crippen molar-refractivity contribution in [3.05, 3.63) is 48.2 Å². The fraction of sp³-hybridized carbons (Fsp3) is 0.500. The molecule has 0 atom stereocenters. The average molecular weight is 410 g/mol. The first-order valence-corrected chi connectivity index (χ1v) is 11.1. The van der Waals surface area contributed by atoms with Gasteiger partial charge in [-0.1, -0.05) is 18.6 Å². The minimum atomic E-state index is 0.545. The number of hydrogen-bond acceptors (Lipinski definition) is 6. The molecular weight excluding hydrogens is 378 g/mol. The molecule has 0 unspecified atom stereocenters. The number of nitrogens with zero attached hydrogens (tertiary/aromatic N) is 2. The molecule has 1 N–H and O–H groups in total. The third-order valence-electron chi connectivity index (χ3n) is 5.56. The van der Waals surface area contributed by atoms with E-state index in [1.54, 1.807) is 6.20 Å². The highest BCUT2D eigenvalue weighted by molar-refractivity contribution is 6.00. The zero-order chi connectivity index (χ0) is 20.4. The number of rotatable bonds is 2. The summed E-state index contributed by atoms with van der Waals surface area (Å²) in [6.45, 7) is 4.06. The van der Waals surface area contributed by atoms with E-state index in [0.29, 0.717) is 24.2 Å². The normalized spacial score (nSPS) is 18.6. The maximum atomic E-state index is 6.23. The van der Waals surface area contributed by atoms with Gasteiger partial charge in [-0.05, 0) is 62.3 Å². The molecule has 0 bridgehead atoms. The van der Waals surface area contributed by atoms with E-state index in [9.17, 15) is 0 Å². The van der Waals surface area contributed by atoms with Crippen molar-refractivity contribution in [2.24, 2.45) is 10.9 Å². The van der Waals surface area contributed by atoms with Gasteiger partial charge in [0.15, 0.2) is 11.5 Å². The van der Waals surface area contributed by atoms with Crippen molar-refractivity contribution < 1.29 is 14.2 Å². The molecule has 0 spiro atoms. The molecule has 1 fully saturated rings. The Morgan fingerprint density at radius 3 is 2.63 bits per heavy atom. The molecule has 0 radical (unpaired) electrons. The molecule has 2 aliphatic rings. The molecule has 0 aliphatic carbocycles. The van der Waals surface area contributed by atoms with Crippen molar-refractivity contribution in [3.8, 4) is 17.4 Å². The zero-order valence-electron chi connectivity index (χ0n) is 17.5. The van der Waals surface area contributed by atoms with Gasteiger partial charge in [0, 0.05) is 32.5 Å². The maximum absolute atomic E-state index is 6.23. The number of aromatic nitrogens is 1. The summed E-state index contributed by atoms with van der Waals surface area (Å²) in [7, 11) is 0. The van der Waals surface area contributed by atoms with Gasteiger partial charge in [0.05, 0.1) is 12.2 Å². The Bertz CT molecular complexity index is 834. The molecule has 1 aromatic heterocycles. The van der Waals surface area contributed by atoms with Gasteiger partial charge in [0.1, 0.15) is 5.84 Å². The number of hydrogen-bond donors (Lipinski definition) is 1. The topological polar surface area (TPSA) is 65.0 Å². The molecule has 2 aliphatic heterocycles. The quantitative estimate of drug-likeness (QED) is 0.786. The zero-order valence-corrected chi connectivity index (χ0v) is 17.5. The predicted octanol–water partition coefficient (Wildman–Crippen LogP) is 4.59. The first-order chi connectivity index (χ1) is 14.9. The highest BCUT2D eigenvalue weighted by Crippen LogP contribution is 2.32. The van der Waals surface area contributed by atoms with Crippen LogP contribution in [-0.4, -0.2) is 43.7 Å². The van der Waals surface area contributed by atoms with Crippen molar-refractivity contribution in [1.29, 1.82) is 0 Å². The van der Waals surface area contributed by atoms with Crippen molar-refractivity contribution >= 4 is 5.84 Å². The molecule has 3 heterocycles. The summed E-state index contributed by atoms with van der Waals surface area (Å²) in [6, 6.07) is 11.7. The minimum absolute atomic E-state index is 0.545. The summed E-state index contributed by atoms with van der Waals surface area (Å²) in [5, 5.41) is 3.59. The highest BCUT2D eigenvalue weighted by atomic mass is 16.5. The smallest absolute Gasteiger partial charge is 0.230 e. The van der Waals surface area contributed by atoms with E-state index in [4.69, 9.17) is 19.2 Å². The Morgan fingerprint density at radius 1 is 0.900 bits per heavy atom. The number of fused-ring (bicyclic) bond motifs is 2. The van der Waals surface area contributed by atoms with Crippen LogP contribution >= 0.6 is 0 Å². The Labute approximate surface area is 178 Å². The van der Waals surface area contributed by atoms with Gasteiger partial charge in [0.25, 0.3) is 0 Å². The first kappa shape index (κ1) is 20.7. The van der Waals surface area contributed by atoms with Crippen LogP contribution in [-0.2, 0) is 4.74 Å². The Balaban J connectivity index is 1.60. The lowest BCUT2D eigenvalue weighted by Crippen LogP contribution is -2.33. The van der Waals surface area contributed by atoms with Gasteiger partial charge < -0.3 is 19.5 Å². The van der Waals surface area contributed by atoms with Crippen molar-refractivity contribution in [2.45, 2.75) is 38.5 Å². The molecule has 0 saturated carbocycles. The van der Waals surface area contributed by atoms with Crippen LogP contribution in [0.15, 0.2) is 47.6 Å². The number of ether oxygens (including phenoxy) is 3. The minimum Gasteiger partial charge on any atom is -0.490 e. The van der Waals surface area contributed by atoms with Crippen LogP contribution in [0.3, 0.4) is 0 Å². The third kappa shape index (κ3) is 5.72. The maximum Gasteiger partial charge on any atom is 0.230 e. The van der Waals surface area contributed by atoms with E-state index in [2.05, 4.69) is 10.3 Å². The number of pyridine rings is 1. The number of para-hydroxylation sites is 2. The molecular formula is C24H31N3O3. The second-order valence-corrected chi connectivity index (χ2v) is 7.83. The summed E-state index contributed by atoms with van der Waals surface area (Å²) in [6.07, 6.45) is 8.31.